The zero-order valence-electron chi connectivity index (χ0n) is 8.31. The summed E-state index contributed by atoms with van der Waals surface area (Å²) in [5, 5.41) is 4.19. The van der Waals surface area contributed by atoms with E-state index in [-0.39, 0.29) is 0 Å². The van der Waals surface area contributed by atoms with Gasteiger partial charge in [-0.05, 0) is 34.5 Å². The predicted octanol–water partition coefficient (Wildman–Crippen LogP) is 1.98. The summed E-state index contributed by atoms with van der Waals surface area (Å²) in [7, 11) is 0. The molecule has 2 aromatic rings. The van der Waals surface area contributed by atoms with E-state index in [0.717, 1.165) is 15.6 Å². The van der Waals surface area contributed by atoms with E-state index in [9.17, 15) is 0 Å². The molecule has 0 aliphatic heterocycles. The van der Waals surface area contributed by atoms with Crippen LogP contribution >= 0.6 is 15.9 Å². The average molecular weight is 267 g/mol. The van der Waals surface area contributed by atoms with Crippen LogP contribution in [0.1, 0.15) is 11.1 Å². The van der Waals surface area contributed by atoms with E-state index in [2.05, 4.69) is 26.0 Å². The highest BCUT2D eigenvalue weighted by atomic mass is 79.9. The fourth-order valence-corrected chi connectivity index (χ4v) is 1.76. The van der Waals surface area contributed by atoms with Crippen LogP contribution in [-0.4, -0.2) is 14.8 Å². The minimum absolute atomic E-state index is 0.581. The van der Waals surface area contributed by atoms with Gasteiger partial charge in [0, 0.05) is 28.6 Å². The number of pyridine rings is 1. The van der Waals surface area contributed by atoms with Crippen molar-refractivity contribution in [1.82, 2.24) is 14.8 Å². The van der Waals surface area contributed by atoms with Gasteiger partial charge in [-0.1, -0.05) is 0 Å². The maximum Gasteiger partial charge on any atom is 0.148 e. The van der Waals surface area contributed by atoms with Crippen LogP contribution in [0.4, 0.5) is 5.82 Å². The predicted molar refractivity (Wildman–Crippen MR) is 62.4 cm³/mol. The van der Waals surface area contributed by atoms with Crippen molar-refractivity contribution in [3.8, 4) is 0 Å². The first-order valence-corrected chi connectivity index (χ1v) is 5.33. The maximum absolute atomic E-state index is 5.67. The first-order valence-electron chi connectivity index (χ1n) is 4.54. The van der Waals surface area contributed by atoms with Crippen LogP contribution in [0.25, 0.3) is 0 Å². The van der Waals surface area contributed by atoms with Crippen LogP contribution in [-0.2, 0) is 6.54 Å². The van der Waals surface area contributed by atoms with Crippen molar-refractivity contribution < 1.29 is 0 Å². The SMILES string of the molecule is Cc1cn(Cc2cncc(Br)c2)nc1N. The molecule has 5 heteroatoms. The highest BCUT2D eigenvalue weighted by Gasteiger charge is 2.02. The highest BCUT2D eigenvalue weighted by molar-refractivity contribution is 9.10. The molecule has 0 aliphatic rings. The Morgan fingerprint density at radius 3 is 2.87 bits per heavy atom. The van der Waals surface area contributed by atoms with E-state index in [4.69, 9.17) is 5.73 Å². The van der Waals surface area contributed by atoms with E-state index in [1.165, 1.54) is 0 Å². The summed E-state index contributed by atoms with van der Waals surface area (Å²) in [4.78, 5) is 4.09. The molecule has 2 N–H and O–H groups in total. The zero-order valence-corrected chi connectivity index (χ0v) is 9.90. The number of aromatic nitrogens is 3. The third kappa shape index (κ3) is 2.36. The van der Waals surface area contributed by atoms with Crippen molar-refractivity contribution in [3.63, 3.8) is 0 Å². The van der Waals surface area contributed by atoms with Crippen molar-refractivity contribution in [2.45, 2.75) is 13.5 Å². The second-order valence-corrected chi connectivity index (χ2v) is 4.32. The van der Waals surface area contributed by atoms with Crippen LogP contribution in [0.2, 0.25) is 0 Å². The lowest BCUT2D eigenvalue weighted by atomic mass is 10.3. The van der Waals surface area contributed by atoms with Gasteiger partial charge in [0.2, 0.25) is 0 Å². The Hall–Kier alpha value is -1.36. The standard InChI is InChI=1S/C10H11BrN4/c1-7-5-15(14-10(7)12)6-8-2-9(11)4-13-3-8/h2-5H,6H2,1H3,(H2,12,14). The fraction of sp³-hybridized carbons (Fsp3) is 0.200. The molecule has 2 heterocycles. The van der Waals surface area contributed by atoms with E-state index in [1.54, 1.807) is 6.20 Å². The smallest absolute Gasteiger partial charge is 0.148 e. The Morgan fingerprint density at radius 1 is 1.47 bits per heavy atom. The molecule has 0 spiro atoms. The number of rotatable bonds is 2. The van der Waals surface area contributed by atoms with E-state index < -0.39 is 0 Å². The van der Waals surface area contributed by atoms with Gasteiger partial charge in [-0.3, -0.25) is 9.67 Å². The normalized spacial score (nSPS) is 10.5. The molecule has 15 heavy (non-hydrogen) atoms. The second kappa shape index (κ2) is 4.02. The van der Waals surface area contributed by atoms with Crippen LogP contribution in [0.5, 0.6) is 0 Å². The Labute approximate surface area is 96.3 Å². The van der Waals surface area contributed by atoms with Crippen molar-refractivity contribution in [3.05, 3.63) is 40.3 Å². The number of nitrogen functional groups attached to an aromatic ring is 1. The summed E-state index contributed by atoms with van der Waals surface area (Å²) in [5.41, 5.74) is 7.76. The first kappa shape index (κ1) is 10.2. The average Bonchev–Trinajstić information content (AvgIpc) is 2.45. The highest BCUT2D eigenvalue weighted by Crippen LogP contribution is 2.12. The Balaban J connectivity index is 2.22. The van der Waals surface area contributed by atoms with Crippen molar-refractivity contribution >= 4 is 21.7 Å². The van der Waals surface area contributed by atoms with Gasteiger partial charge < -0.3 is 5.73 Å². The van der Waals surface area contributed by atoms with Gasteiger partial charge in [-0.2, -0.15) is 5.10 Å². The maximum atomic E-state index is 5.67. The minimum atomic E-state index is 0.581. The van der Waals surface area contributed by atoms with Crippen LogP contribution in [0, 0.1) is 6.92 Å². The molecule has 0 aromatic carbocycles. The molecular weight excluding hydrogens is 256 g/mol. The molecule has 0 unspecified atom stereocenters. The number of halogens is 1. The molecule has 0 atom stereocenters. The van der Waals surface area contributed by atoms with Crippen LogP contribution in [0.15, 0.2) is 29.1 Å². The number of nitrogens with zero attached hydrogens (tertiary/aromatic N) is 3. The summed E-state index contributed by atoms with van der Waals surface area (Å²) in [6, 6.07) is 2.01. The summed E-state index contributed by atoms with van der Waals surface area (Å²) in [6.45, 7) is 2.63. The number of hydrogen-bond acceptors (Lipinski definition) is 3. The molecule has 0 aliphatic carbocycles. The Bertz CT molecular complexity index is 459. The molecule has 2 aromatic heterocycles. The summed E-state index contributed by atoms with van der Waals surface area (Å²) >= 11 is 3.38. The van der Waals surface area contributed by atoms with Gasteiger partial charge >= 0.3 is 0 Å². The lowest BCUT2D eigenvalue weighted by Gasteiger charge is -2.01. The largest absolute Gasteiger partial charge is 0.382 e. The van der Waals surface area contributed by atoms with Gasteiger partial charge in [0.15, 0.2) is 0 Å². The lowest BCUT2D eigenvalue weighted by molar-refractivity contribution is 0.687. The lowest BCUT2D eigenvalue weighted by Crippen LogP contribution is -2.01. The number of aryl methyl sites for hydroxylation is 1. The molecule has 0 amide bonds. The summed E-state index contributed by atoms with van der Waals surface area (Å²) in [5.74, 6) is 0.581. The molecule has 0 bridgehead atoms. The third-order valence-electron chi connectivity index (χ3n) is 2.09. The van der Waals surface area contributed by atoms with E-state index in [0.29, 0.717) is 12.4 Å². The summed E-state index contributed by atoms with van der Waals surface area (Å²) in [6.07, 6.45) is 5.50. The molecule has 4 nitrogen and oxygen atoms in total. The monoisotopic (exact) mass is 266 g/mol. The molecule has 78 valence electrons. The van der Waals surface area contributed by atoms with Crippen molar-refractivity contribution in [2.24, 2.45) is 0 Å². The fourth-order valence-electron chi connectivity index (χ4n) is 1.35. The van der Waals surface area contributed by atoms with Crippen LogP contribution in [0.3, 0.4) is 0 Å². The van der Waals surface area contributed by atoms with E-state index >= 15 is 0 Å². The van der Waals surface area contributed by atoms with Gasteiger partial charge in [-0.15, -0.1) is 0 Å². The molecule has 0 saturated carbocycles. The van der Waals surface area contributed by atoms with E-state index in [1.807, 2.05) is 30.1 Å². The number of anilines is 1. The minimum Gasteiger partial charge on any atom is -0.382 e. The summed E-state index contributed by atoms with van der Waals surface area (Å²) < 4.78 is 2.78. The molecule has 0 fully saturated rings. The topological polar surface area (TPSA) is 56.7 Å². The number of hydrogen-bond donors (Lipinski definition) is 1. The molecule has 2 rings (SSSR count). The zero-order chi connectivity index (χ0) is 10.8. The van der Waals surface area contributed by atoms with Crippen LogP contribution < -0.4 is 5.73 Å². The molecule has 0 saturated heterocycles. The van der Waals surface area contributed by atoms with Gasteiger partial charge in [0.1, 0.15) is 5.82 Å². The quantitative estimate of drug-likeness (QED) is 0.905. The Kier molecular flexibility index (Phi) is 2.73. The second-order valence-electron chi connectivity index (χ2n) is 3.41. The third-order valence-corrected chi connectivity index (χ3v) is 2.52. The van der Waals surface area contributed by atoms with Gasteiger partial charge in [0.25, 0.3) is 0 Å². The first-order chi connectivity index (χ1) is 7.15. The van der Waals surface area contributed by atoms with Gasteiger partial charge in [-0.25, -0.2) is 0 Å². The van der Waals surface area contributed by atoms with Crippen molar-refractivity contribution in [1.29, 1.82) is 0 Å². The molecule has 0 radical (unpaired) electrons. The Morgan fingerprint density at radius 2 is 2.27 bits per heavy atom. The van der Waals surface area contributed by atoms with Gasteiger partial charge in [0.05, 0.1) is 6.54 Å². The van der Waals surface area contributed by atoms with Crippen molar-refractivity contribution in [2.75, 3.05) is 5.73 Å². The molecular formula is C10H11BrN4. The number of nitrogens with two attached hydrogens (primary N) is 1.